The van der Waals surface area contributed by atoms with Gasteiger partial charge in [0.25, 0.3) is 0 Å². The lowest BCUT2D eigenvalue weighted by molar-refractivity contribution is 0.192. The van der Waals surface area contributed by atoms with Crippen molar-refractivity contribution in [2.75, 3.05) is 0 Å². The molecule has 2 heterocycles. The summed E-state index contributed by atoms with van der Waals surface area (Å²) < 4.78 is 0. The molecule has 0 spiro atoms. The van der Waals surface area contributed by atoms with E-state index in [1.54, 1.807) is 12.4 Å². The maximum Gasteiger partial charge on any atom is 0.405 e. The van der Waals surface area contributed by atoms with Gasteiger partial charge in [0.1, 0.15) is 6.33 Å². The highest BCUT2D eigenvalue weighted by atomic mass is 32.1. The second kappa shape index (κ2) is 4.71. The van der Waals surface area contributed by atoms with Crippen molar-refractivity contribution in [1.82, 2.24) is 15.3 Å². The van der Waals surface area contributed by atoms with Gasteiger partial charge in [-0.05, 0) is 11.4 Å². The van der Waals surface area contributed by atoms with Gasteiger partial charge in [-0.2, -0.15) is 0 Å². The third kappa shape index (κ3) is 2.34. The number of nitrogens with zero attached hydrogens (tertiary/aromatic N) is 2. The van der Waals surface area contributed by atoms with E-state index >= 15 is 0 Å². The average molecular weight is 235 g/mol. The fraction of sp³-hybridized carbons (Fsp3) is 0.100. The van der Waals surface area contributed by atoms with E-state index in [1.807, 2.05) is 17.5 Å². The van der Waals surface area contributed by atoms with E-state index in [9.17, 15) is 4.79 Å². The number of nitrogens with one attached hydrogen (secondary N) is 1. The molecule has 2 N–H and O–H groups in total. The summed E-state index contributed by atoms with van der Waals surface area (Å²) in [5, 5.41) is 13.1. The second-order valence-corrected chi connectivity index (χ2v) is 4.05. The number of hydrogen-bond acceptors (Lipinski definition) is 4. The molecule has 82 valence electrons. The summed E-state index contributed by atoms with van der Waals surface area (Å²) in [5.41, 5.74) is 0.729. The van der Waals surface area contributed by atoms with Gasteiger partial charge in [0.05, 0.1) is 6.04 Å². The molecule has 1 amide bonds. The van der Waals surface area contributed by atoms with E-state index in [1.165, 1.54) is 17.7 Å². The average Bonchev–Trinajstić information content (AvgIpc) is 2.80. The van der Waals surface area contributed by atoms with Gasteiger partial charge in [0.2, 0.25) is 0 Å². The van der Waals surface area contributed by atoms with Crippen LogP contribution in [0.25, 0.3) is 0 Å². The molecule has 0 saturated heterocycles. The highest BCUT2D eigenvalue weighted by molar-refractivity contribution is 7.10. The highest BCUT2D eigenvalue weighted by Crippen LogP contribution is 2.24. The zero-order chi connectivity index (χ0) is 11.4. The quantitative estimate of drug-likeness (QED) is 0.851. The highest BCUT2D eigenvalue weighted by Gasteiger charge is 2.17. The largest absolute Gasteiger partial charge is 0.465 e. The minimum atomic E-state index is -1.07. The van der Waals surface area contributed by atoms with Crippen molar-refractivity contribution >= 4 is 17.4 Å². The third-order valence-corrected chi connectivity index (χ3v) is 2.95. The van der Waals surface area contributed by atoms with Crippen molar-refractivity contribution in [3.05, 3.63) is 46.7 Å². The van der Waals surface area contributed by atoms with E-state index in [4.69, 9.17) is 5.11 Å². The summed E-state index contributed by atoms with van der Waals surface area (Å²) in [6, 6.07) is 3.34. The Balaban J connectivity index is 2.32. The minimum absolute atomic E-state index is 0.404. The summed E-state index contributed by atoms with van der Waals surface area (Å²) in [6.07, 6.45) is 3.55. The van der Waals surface area contributed by atoms with Gasteiger partial charge in [0.15, 0.2) is 0 Å². The number of hydrogen-bond donors (Lipinski definition) is 2. The molecule has 5 nitrogen and oxygen atoms in total. The SMILES string of the molecule is O=C(O)NC(c1cncnc1)c1cccs1. The molecule has 0 aliphatic carbocycles. The first kappa shape index (κ1) is 10.6. The van der Waals surface area contributed by atoms with Gasteiger partial charge in [-0.3, -0.25) is 0 Å². The molecule has 1 atom stereocenters. The molecule has 0 aliphatic rings. The van der Waals surface area contributed by atoms with Crippen LogP contribution in [0.4, 0.5) is 4.79 Å². The molecule has 0 aliphatic heterocycles. The molecule has 0 saturated carbocycles. The van der Waals surface area contributed by atoms with Crippen molar-refractivity contribution in [3.63, 3.8) is 0 Å². The Hall–Kier alpha value is -1.95. The maximum absolute atomic E-state index is 10.7. The number of thiophene rings is 1. The van der Waals surface area contributed by atoms with E-state index in [0.717, 1.165) is 10.4 Å². The topological polar surface area (TPSA) is 75.1 Å². The molecule has 0 fully saturated rings. The number of carbonyl (C=O) groups is 1. The number of aromatic nitrogens is 2. The van der Waals surface area contributed by atoms with E-state index in [0.29, 0.717) is 0 Å². The van der Waals surface area contributed by atoms with Crippen LogP contribution in [0.5, 0.6) is 0 Å². The van der Waals surface area contributed by atoms with Crippen LogP contribution in [-0.4, -0.2) is 21.2 Å². The minimum Gasteiger partial charge on any atom is -0.465 e. The van der Waals surface area contributed by atoms with Crippen molar-refractivity contribution in [1.29, 1.82) is 0 Å². The normalized spacial score (nSPS) is 12.0. The second-order valence-electron chi connectivity index (χ2n) is 3.07. The van der Waals surface area contributed by atoms with Crippen molar-refractivity contribution in [2.45, 2.75) is 6.04 Å². The van der Waals surface area contributed by atoms with Crippen LogP contribution >= 0.6 is 11.3 Å². The first-order valence-corrected chi connectivity index (χ1v) is 5.43. The molecule has 16 heavy (non-hydrogen) atoms. The van der Waals surface area contributed by atoms with Crippen molar-refractivity contribution in [2.24, 2.45) is 0 Å². The van der Waals surface area contributed by atoms with Gasteiger partial charge in [-0.15, -0.1) is 11.3 Å². The van der Waals surface area contributed by atoms with Crippen molar-refractivity contribution < 1.29 is 9.90 Å². The summed E-state index contributed by atoms with van der Waals surface area (Å²) in [7, 11) is 0. The molecule has 0 aromatic carbocycles. The summed E-state index contributed by atoms with van der Waals surface area (Å²) in [6.45, 7) is 0. The Morgan fingerprint density at radius 3 is 2.75 bits per heavy atom. The zero-order valence-corrected chi connectivity index (χ0v) is 9.02. The van der Waals surface area contributed by atoms with Crippen LogP contribution < -0.4 is 5.32 Å². The predicted molar refractivity (Wildman–Crippen MR) is 59.4 cm³/mol. The van der Waals surface area contributed by atoms with Gasteiger partial charge in [-0.25, -0.2) is 14.8 Å². The molecule has 0 radical (unpaired) electrons. The van der Waals surface area contributed by atoms with E-state index < -0.39 is 12.1 Å². The van der Waals surface area contributed by atoms with Crippen LogP contribution in [0.3, 0.4) is 0 Å². The molecule has 2 aromatic rings. The Morgan fingerprint density at radius 2 is 2.19 bits per heavy atom. The summed E-state index contributed by atoms with van der Waals surface area (Å²) in [5.74, 6) is 0. The third-order valence-electron chi connectivity index (χ3n) is 2.01. The molecule has 0 bridgehead atoms. The molecular weight excluding hydrogens is 226 g/mol. The lowest BCUT2D eigenvalue weighted by atomic mass is 10.1. The fourth-order valence-electron chi connectivity index (χ4n) is 1.36. The van der Waals surface area contributed by atoms with Crippen molar-refractivity contribution in [3.8, 4) is 0 Å². The van der Waals surface area contributed by atoms with Crippen LogP contribution in [0.15, 0.2) is 36.2 Å². The van der Waals surface area contributed by atoms with Gasteiger partial charge < -0.3 is 10.4 Å². The Morgan fingerprint density at radius 1 is 1.44 bits per heavy atom. The summed E-state index contributed by atoms with van der Waals surface area (Å²) >= 11 is 1.49. The van der Waals surface area contributed by atoms with Crippen LogP contribution in [-0.2, 0) is 0 Å². The van der Waals surface area contributed by atoms with Crippen LogP contribution in [0.1, 0.15) is 16.5 Å². The smallest absolute Gasteiger partial charge is 0.405 e. The first-order chi connectivity index (χ1) is 7.77. The molecule has 2 aromatic heterocycles. The molecule has 1 unspecified atom stereocenters. The molecular formula is C10H9N3O2S. The molecule has 2 rings (SSSR count). The fourth-order valence-corrected chi connectivity index (χ4v) is 2.16. The Kier molecular flexibility index (Phi) is 3.11. The number of rotatable bonds is 3. The van der Waals surface area contributed by atoms with Crippen LogP contribution in [0.2, 0.25) is 0 Å². The number of amides is 1. The predicted octanol–water partition coefficient (Wildman–Crippen LogP) is 1.90. The first-order valence-electron chi connectivity index (χ1n) is 4.55. The Bertz CT molecular complexity index is 458. The van der Waals surface area contributed by atoms with Gasteiger partial charge >= 0.3 is 6.09 Å². The lowest BCUT2D eigenvalue weighted by Gasteiger charge is -2.14. The van der Waals surface area contributed by atoms with E-state index in [-0.39, 0.29) is 0 Å². The lowest BCUT2D eigenvalue weighted by Crippen LogP contribution is -2.27. The van der Waals surface area contributed by atoms with Gasteiger partial charge in [-0.1, -0.05) is 6.07 Å². The monoisotopic (exact) mass is 235 g/mol. The number of carboxylic acid groups (broad SMARTS) is 1. The van der Waals surface area contributed by atoms with Gasteiger partial charge in [0, 0.05) is 22.8 Å². The Labute approximate surface area is 95.8 Å². The van der Waals surface area contributed by atoms with E-state index in [2.05, 4.69) is 15.3 Å². The maximum atomic E-state index is 10.7. The standard InChI is InChI=1S/C10H9N3O2S/c14-10(15)13-9(8-2-1-3-16-8)7-4-11-6-12-5-7/h1-6,9,13H,(H,14,15). The van der Waals surface area contributed by atoms with Crippen LogP contribution in [0, 0.1) is 0 Å². The molecule has 6 heteroatoms. The zero-order valence-electron chi connectivity index (χ0n) is 8.20. The summed E-state index contributed by atoms with van der Waals surface area (Å²) in [4.78, 5) is 19.4.